The van der Waals surface area contributed by atoms with Gasteiger partial charge in [-0.1, -0.05) is 65.7 Å². The Balaban J connectivity index is 1.55. The molecular weight excluding hydrogens is 507 g/mol. The minimum Gasteiger partial charge on any atom is -0.457 e. The van der Waals surface area contributed by atoms with E-state index in [2.05, 4.69) is 5.32 Å². The third-order valence-corrected chi connectivity index (χ3v) is 7.52. The van der Waals surface area contributed by atoms with Crippen LogP contribution in [0.1, 0.15) is 0 Å². The van der Waals surface area contributed by atoms with Crippen LogP contribution in [-0.2, 0) is 14.8 Å². The zero-order valence-corrected chi connectivity index (χ0v) is 20.6. The molecule has 1 N–H and O–H groups in total. The van der Waals surface area contributed by atoms with Crippen molar-refractivity contribution < 1.29 is 17.9 Å². The number of ether oxygens (including phenoxy) is 1. The van der Waals surface area contributed by atoms with Crippen LogP contribution in [0.15, 0.2) is 108 Å². The summed E-state index contributed by atoms with van der Waals surface area (Å²) in [6.07, 6.45) is 0. The maximum atomic E-state index is 13.4. The minimum absolute atomic E-state index is 0.0197. The lowest BCUT2D eigenvalue weighted by Gasteiger charge is -2.25. The molecule has 0 atom stereocenters. The summed E-state index contributed by atoms with van der Waals surface area (Å²) in [7, 11) is -4.11. The van der Waals surface area contributed by atoms with Crippen molar-refractivity contribution in [3.63, 3.8) is 0 Å². The van der Waals surface area contributed by atoms with Crippen LogP contribution < -0.4 is 14.4 Å². The molecule has 0 bridgehead atoms. The Labute approximate surface area is 213 Å². The molecule has 0 spiro atoms. The van der Waals surface area contributed by atoms with Crippen LogP contribution in [0.5, 0.6) is 11.5 Å². The molecule has 0 unspecified atom stereocenters. The Bertz CT molecular complexity index is 1420. The van der Waals surface area contributed by atoms with Gasteiger partial charge < -0.3 is 10.1 Å². The lowest BCUT2D eigenvalue weighted by Crippen LogP contribution is -2.38. The predicted molar refractivity (Wildman–Crippen MR) is 139 cm³/mol. The fourth-order valence-electron chi connectivity index (χ4n) is 3.27. The third-order valence-electron chi connectivity index (χ3n) is 4.94. The molecule has 6 nitrogen and oxygen atoms in total. The number of anilines is 2. The maximum absolute atomic E-state index is 13.4. The molecule has 0 heterocycles. The molecule has 0 aliphatic carbocycles. The molecule has 4 aromatic carbocycles. The van der Waals surface area contributed by atoms with Crippen molar-refractivity contribution in [2.45, 2.75) is 4.90 Å². The molecule has 0 aromatic heterocycles. The van der Waals surface area contributed by atoms with E-state index in [1.807, 2.05) is 30.3 Å². The Morgan fingerprint density at radius 2 is 1.37 bits per heavy atom. The van der Waals surface area contributed by atoms with Crippen LogP contribution >= 0.6 is 23.2 Å². The van der Waals surface area contributed by atoms with Crippen LogP contribution in [0.2, 0.25) is 10.0 Å². The first-order valence-electron chi connectivity index (χ1n) is 10.5. The number of nitrogens with one attached hydrogen (secondary N) is 1. The van der Waals surface area contributed by atoms with Gasteiger partial charge in [-0.05, 0) is 60.7 Å². The van der Waals surface area contributed by atoms with E-state index in [1.54, 1.807) is 54.6 Å². The SMILES string of the molecule is O=C(CN(c1cccc(Cl)c1Cl)S(=O)(=O)c1ccccc1)Nc1ccc(Oc2ccccc2)cc1. The smallest absolute Gasteiger partial charge is 0.264 e. The first kappa shape index (κ1) is 24.6. The van der Waals surface area contributed by atoms with E-state index in [-0.39, 0.29) is 20.6 Å². The van der Waals surface area contributed by atoms with E-state index in [0.717, 1.165) is 4.31 Å². The summed E-state index contributed by atoms with van der Waals surface area (Å²) in [6.45, 7) is -0.514. The van der Waals surface area contributed by atoms with Crippen molar-refractivity contribution in [1.29, 1.82) is 0 Å². The van der Waals surface area contributed by atoms with Gasteiger partial charge in [0.05, 0.1) is 20.6 Å². The third kappa shape index (κ3) is 5.95. The predicted octanol–water partition coefficient (Wildman–Crippen LogP) is 6.62. The number of amides is 1. The Morgan fingerprint density at radius 1 is 0.771 bits per heavy atom. The summed E-state index contributed by atoms with van der Waals surface area (Å²) in [5, 5.41) is 2.92. The summed E-state index contributed by atoms with van der Waals surface area (Å²) >= 11 is 12.5. The van der Waals surface area contributed by atoms with Crippen molar-refractivity contribution in [3.8, 4) is 11.5 Å². The van der Waals surface area contributed by atoms with Gasteiger partial charge in [0.1, 0.15) is 18.0 Å². The normalized spacial score (nSPS) is 11.0. The topological polar surface area (TPSA) is 75.7 Å². The lowest BCUT2D eigenvalue weighted by atomic mass is 10.3. The number of carbonyl (C=O) groups is 1. The quantitative estimate of drug-likeness (QED) is 0.280. The Hall–Kier alpha value is -3.52. The van der Waals surface area contributed by atoms with Crippen molar-refractivity contribution in [1.82, 2.24) is 0 Å². The monoisotopic (exact) mass is 526 g/mol. The number of para-hydroxylation sites is 1. The Morgan fingerprint density at radius 3 is 2.03 bits per heavy atom. The molecule has 9 heteroatoms. The molecular formula is C26H20Cl2N2O4S. The van der Waals surface area contributed by atoms with Crippen LogP contribution in [0.25, 0.3) is 0 Å². The number of hydrogen-bond acceptors (Lipinski definition) is 4. The molecule has 35 heavy (non-hydrogen) atoms. The second kappa shape index (κ2) is 10.8. The molecule has 4 rings (SSSR count). The van der Waals surface area contributed by atoms with Crippen LogP contribution in [0, 0.1) is 0 Å². The van der Waals surface area contributed by atoms with Gasteiger partial charge in [0.25, 0.3) is 10.0 Å². The van der Waals surface area contributed by atoms with Gasteiger partial charge in [-0.25, -0.2) is 8.42 Å². The first-order valence-corrected chi connectivity index (χ1v) is 12.7. The number of nitrogens with zero attached hydrogens (tertiary/aromatic N) is 1. The van der Waals surface area contributed by atoms with E-state index in [4.69, 9.17) is 27.9 Å². The number of halogens is 2. The molecule has 4 aromatic rings. The number of rotatable bonds is 8. The number of benzene rings is 4. The summed E-state index contributed by atoms with van der Waals surface area (Å²) < 4.78 is 33.6. The second-order valence-corrected chi connectivity index (χ2v) is 10.0. The lowest BCUT2D eigenvalue weighted by molar-refractivity contribution is -0.114. The highest BCUT2D eigenvalue weighted by molar-refractivity contribution is 7.92. The van der Waals surface area contributed by atoms with Crippen molar-refractivity contribution in [2.24, 2.45) is 0 Å². The summed E-state index contributed by atoms with van der Waals surface area (Å²) in [5.41, 5.74) is 0.578. The van der Waals surface area contributed by atoms with Crippen molar-refractivity contribution in [2.75, 3.05) is 16.2 Å². The van der Waals surface area contributed by atoms with E-state index in [0.29, 0.717) is 17.2 Å². The summed E-state index contributed by atoms with van der Waals surface area (Å²) in [5.74, 6) is 0.718. The van der Waals surface area contributed by atoms with E-state index in [1.165, 1.54) is 18.2 Å². The highest BCUT2D eigenvalue weighted by atomic mass is 35.5. The highest BCUT2D eigenvalue weighted by Gasteiger charge is 2.29. The number of carbonyl (C=O) groups excluding carboxylic acids is 1. The van der Waals surface area contributed by atoms with Gasteiger partial charge in [0.2, 0.25) is 5.91 Å². The Kier molecular flexibility index (Phi) is 7.60. The largest absolute Gasteiger partial charge is 0.457 e. The molecule has 0 aliphatic rings. The maximum Gasteiger partial charge on any atom is 0.264 e. The van der Waals surface area contributed by atoms with E-state index < -0.39 is 22.5 Å². The fraction of sp³-hybridized carbons (Fsp3) is 0.0385. The molecule has 0 aliphatic heterocycles. The van der Waals surface area contributed by atoms with Gasteiger partial charge in [-0.15, -0.1) is 0 Å². The average molecular weight is 527 g/mol. The van der Waals surface area contributed by atoms with Gasteiger partial charge >= 0.3 is 0 Å². The second-order valence-electron chi connectivity index (χ2n) is 7.39. The van der Waals surface area contributed by atoms with Crippen LogP contribution in [-0.4, -0.2) is 20.9 Å². The average Bonchev–Trinajstić information content (AvgIpc) is 2.87. The summed E-state index contributed by atoms with van der Waals surface area (Å²) in [4.78, 5) is 12.9. The van der Waals surface area contributed by atoms with Gasteiger partial charge in [-0.3, -0.25) is 9.10 Å². The molecule has 0 saturated heterocycles. The highest BCUT2D eigenvalue weighted by Crippen LogP contribution is 2.35. The molecule has 0 saturated carbocycles. The van der Waals surface area contributed by atoms with E-state index >= 15 is 0 Å². The number of hydrogen-bond donors (Lipinski definition) is 1. The molecule has 0 radical (unpaired) electrons. The minimum atomic E-state index is -4.11. The molecule has 0 fully saturated rings. The van der Waals surface area contributed by atoms with Crippen LogP contribution in [0.4, 0.5) is 11.4 Å². The summed E-state index contributed by atoms with van der Waals surface area (Å²) in [6, 6.07) is 28.4. The van der Waals surface area contributed by atoms with E-state index in [9.17, 15) is 13.2 Å². The molecule has 178 valence electrons. The standard InChI is InChI=1S/C26H20Cl2N2O4S/c27-23-12-7-13-24(26(23)28)30(35(32,33)22-10-5-2-6-11-22)18-25(31)29-19-14-16-21(17-15-19)34-20-8-3-1-4-9-20/h1-17H,18H2,(H,29,31). The van der Waals surface area contributed by atoms with Crippen LogP contribution in [0.3, 0.4) is 0 Å². The zero-order valence-electron chi connectivity index (χ0n) is 18.3. The van der Waals surface area contributed by atoms with Crippen molar-refractivity contribution in [3.05, 3.63) is 113 Å². The zero-order chi connectivity index (χ0) is 24.8. The van der Waals surface area contributed by atoms with Gasteiger partial charge in [0, 0.05) is 5.69 Å². The molecule has 1 amide bonds. The van der Waals surface area contributed by atoms with Crippen molar-refractivity contribution >= 4 is 50.5 Å². The fourth-order valence-corrected chi connectivity index (χ4v) is 5.17. The van der Waals surface area contributed by atoms with Gasteiger partial charge in [-0.2, -0.15) is 0 Å². The number of sulfonamides is 1. The van der Waals surface area contributed by atoms with Gasteiger partial charge in [0.15, 0.2) is 0 Å². The first-order chi connectivity index (χ1) is 16.8.